The first-order chi connectivity index (χ1) is 9.16. The molecule has 0 saturated heterocycles. The van der Waals surface area contributed by atoms with Crippen LogP contribution in [0.3, 0.4) is 0 Å². The Hall–Kier alpha value is -1.87. The van der Waals surface area contributed by atoms with Gasteiger partial charge in [0.1, 0.15) is 24.7 Å². The maximum atomic E-state index is 6.03. The monoisotopic (exact) mass is 277 g/mol. The number of aryl methyl sites for hydroxylation is 1. The molecule has 0 amide bonds. The summed E-state index contributed by atoms with van der Waals surface area (Å²) in [6.45, 7) is 2.82. The third kappa shape index (κ3) is 3.80. The van der Waals surface area contributed by atoms with Gasteiger partial charge in [-0.15, -0.1) is 0 Å². The average Bonchev–Trinajstić information content (AvgIpc) is 2.40. The Balaban J connectivity index is 1.84. The fraction of sp³-hybridized carbons (Fsp3) is 0.200. The summed E-state index contributed by atoms with van der Waals surface area (Å²) in [6.07, 6.45) is 0. The summed E-state index contributed by atoms with van der Waals surface area (Å²) < 4.78 is 11.1. The highest BCUT2D eigenvalue weighted by Crippen LogP contribution is 2.25. The number of para-hydroxylation sites is 2. The number of nitrogen functional groups attached to an aromatic ring is 1. The van der Waals surface area contributed by atoms with Crippen LogP contribution in [-0.2, 0) is 0 Å². The van der Waals surface area contributed by atoms with Gasteiger partial charge in [0.2, 0.25) is 0 Å². The quantitative estimate of drug-likeness (QED) is 0.670. The van der Waals surface area contributed by atoms with E-state index in [4.69, 9.17) is 26.8 Å². The SMILES string of the molecule is Cc1ccc(Cl)c(OCCOc2ccccc2N)c1. The Kier molecular flexibility index (Phi) is 4.53. The summed E-state index contributed by atoms with van der Waals surface area (Å²) >= 11 is 6.03. The average molecular weight is 278 g/mol. The minimum absolute atomic E-state index is 0.414. The zero-order valence-corrected chi connectivity index (χ0v) is 11.5. The van der Waals surface area contributed by atoms with E-state index in [0.29, 0.717) is 35.4 Å². The maximum absolute atomic E-state index is 6.03. The second kappa shape index (κ2) is 6.34. The molecule has 0 fully saturated rings. The van der Waals surface area contributed by atoms with Crippen LogP contribution in [0.15, 0.2) is 42.5 Å². The molecule has 0 spiro atoms. The van der Waals surface area contributed by atoms with Gasteiger partial charge in [-0.2, -0.15) is 0 Å². The number of benzene rings is 2. The number of anilines is 1. The lowest BCUT2D eigenvalue weighted by Crippen LogP contribution is -2.10. The largest absolute Gasteiger partial charge is 0.488 e. The standard InChI is InChI=1S/C15H16ClNO2/c1-11-6-7-12(16)15(10-11)19-9-8-18-14-5-3-2-4-13(14)17/h2-7,10H,8-9,17H2,1H3. The van der Waals surface area contributed by atoms with Crippen molar-refractivity contribution in [3.8, 4) is 11.5 Å². The molecule has 0 aliphatic heterocycles. The second-order valence-corrected chi connectivity index (χ2v) is 4.58. The lowest BCUT2D eigenvalue weighted by molar-refractivity contribution is 0.218. The number of hydrogen-bond acceptors (Lipinski definition) is 3. The maximum Gasteiger partial charge on any atom is 0.142 e. The summed E-state index contributed by atoms with van der Waals surface area (Å²) in [5, 5.41) is 0.602. The predicted molar refractivity (Wildman–Crippen MR) is 78.0 cm³/mol. The molecule has 0 bridgehead atoms. The van der Waals surface area contributed by atoms with Crippen molar-refractivity contribution in [1.29, 1.82) is 0 Å². The molecule has 2 rings (SSSR count). The molecule has 19 heavy (non-hydrogen) atoms. The van der Waals surface area contributed by atoms with Crippen molar-refractivity contribution >= 4 is 17.3 Å². The molecule has 3 nitrogen and oxygen atoms in total. The highest BCUT2D eigenvalue weighted by molar-refractivity contribution is 6.32. The van der Waals surface area contributed by atoms with Gasteiger partial charge in [0.05, 0.1) is 10.7 Å². The number of nitrogens with two attached hydrogens (primary N) is 1. The summed E-state index contributed by atoms with van der Waals surface area (Å²) in [4.78, 5) is 0. The Morgan fingerprint density at radius 2 is 1.68 bits per heavy atom. The fourth-order valence-electron chi connectivity index (χ4n) is 1.64. The van der Waals surface area contributed by atoms with E-state index in [9.17, 15) is 0 Å². The van der Waals surface area contributed by atoms with Crippen LogP contribution in [0.25, 0.3) is 0 Å². The van der Waals surface area contributed by atoms with Crippen molar-refractivity contribution in [2.75, 3.05) is 18.9 Å². The third-order valence-corrected chi connectivity index (χ3v) is 2.92. The summed E-state index contributed by atoms with van der Waals surface area (Å²) in [5.41, 5.74) is 7.50. The summed E-state index contributed by atoms with van der Waals surface area (Å²) in [7, 11) is 0. The lowest BCUT2D eigenvalue weighted by atomic mass is 10.2. The van der Waals surface area contributed by atoms with Gasteiger partial charge in [-0.25, -0.2) is 0 Å². The van der Waals surface area contributed by atoms with E-state index in [-0.39, 0.29) is 0 Å². The topological polar surface area (TPSA) is 44.5 Å². The van der Waals surface area contributed by atoms with Crippen LogP contribution in [0.5, 0.6) is 11.5 Å². The van der Waals surface area contributed by atoms with Crippen molar-refractivity contribution < 1.29 is 9.47 Å². The smallest absolute Gasteiger partial charge is 0.142 e. The summed E-state index contributed by atoms with van der Waals surface area (Å²) in [6, 6.07) is 13.0. The van der Waals surface area contributed by atoms with Crippen LogP contribution in [0.1, 0.15) is 5.56 Å². The van der Waals surface area contributed by atoms with Crippen LogP contribution in [0.2, 0.25) is 5.02 Å². The predicted octanol–water partition coefficient (Wildman–Crippen LogP) is 3.69. The first kappa shape index (κ1) is 13.6. The van der Waals surface area contributed by atoms with E-state index in [0.717, 1.165) is 5.56 Å². The molecular weight excluding hydrogens is 262 g/mol. The normalized spacial score (nSPS) is 10.2. The molecule has 0 aliphatic rings. The fourth-order valence-corrected chi connectivity index (χ4v) is 1.81. The van der Waals surface area contributed by atoms with Crippen LogP contribution < -0.4 is 15.2 Å². The van der Waals surface area contributed by atoms with Crippen molar-refractivity contribution in [3.05, 3.63) is 53.1 Å². The van der Waals surface area contributed by atoms with Gasteiger partial charge in [-0.05, 0) is 36.8 Å². The Morgan fingerprint density at radius 1 is 1.00 bits per heavy atom. The molecular formula is C15H16ClNO2. The molecule has 0 radical (unpaired) electrons. The molecule has 0 atom stereocenters. The zero-order chi connectivity index (χ0) is 13.7. The summed E-state index contributed by atoms with van der Waals surface area (Å²) in [5.74, 6) is 1.34. The highest BCUT2D eigenvalue weighted by Gasteiger charge is 2.02. The number of hydrogen-bond donors (Lipinski definition) is 1. The van der Waals surface area contributed by atoms with Gasteiger partial charge in [-0.1, -0.05) is 29.8 Å². The third-order valence-electron chi connectivity index (χ3n) is 2.60. The molecule has 2 N–H and O–H groups in total. The molecule has 0 aromatic heterocycles. The van der Waals surface area contributed by atoms with Gasteiger partial charge in [-0.3, -0.25) is 0 Å². The van der Waals surface area contributed by atoms with E-state index in [1.165, 1.54) is 0 Å². The van der Waals surface area contributed by atoms with Crippen molar-refractivity contribution in [2.45, 2.75) is 6.92 Å². The van der Waals surface area contributed by atoms with Gasteiger partial charge < -0.3 is 15.2 Å². The first-order valence-electron chi connectivity index (χ1n) is 6.03. The van der Waals surface area contributed by atoms with E-state index in [2.05, 4.69) is 0 Å². The molecule has 2 aromatic rings. The van der Waals surface area contributed by atoms with Crippen LogP contribution in [0, 0.1) is 6.92 Å². The molecule has 2 aromatic carbocycles. The second-order valence-electron chi connectivity index (χ2n) is 4.17. The van der Waals surface area contributed by atoms with Gasteiger partial charge >= 0.3 is 0 Å². The Labute approximate surface area is 117 Å². The molecule has 0 saturated carbocycles. The van der Waals surface area contributed by atoms with Gasteiger partial charge in [0.15, 0.2) is 0 Å². The van der Waals surface area contributed by atoms with Crippen molar-refractivity contribution in [1.82, 2.24) is 0 Å². The number of rotatable bonds is 5. The molecule has 0 heterocycles. The van der Waals surface area contributed by atoms with Crippen LogP contribution in [-0.4, -0.2) is 13.2 Å². The van der Waals surface area contributed by atoms with Crippen LogP contribution >= 0.6 is 11.6 Å². The molecule has 100 valence electrons. The highest BCUT2D eigenvalue weighted by atomic mass is 35.5. The van der Waals surface area contributed by atoms with Gasteiger partial charge in [0, 0.05) is 0 Å². The lowest BCUT2D eigenvalue weighted by Gasteiger charge is -2.11. The molecule has 4 heteroatoms. The van der Waals surface area contributed by atoms with E-state index in [1.54, 1.807) is 6.07 Å². The van der Waals surface area contributed by atoms with Crippen molar-refractivity contribution in [3.63, 3.8) is 0 Å². The van der Waals surface area contributed by atoms with E-state index < -0.39 is 0 Å². The Morgan fingerprint density at radius 3 is 2.42 bits per heavy atom. The van der Waals surface area contributed by atoms with E-state index >= 15 is 0 Å². The molecule has 0 unspecified atom stereocenters. The van der Waals surface area contributed by atoms with Crippen LogP contribution in [0.4, 0.5) is 5.69 Å². The van der Waals surface area contributed by atoms with Gasteiger partial charge in [0.25, 0.3) is 0 Å². The minimum Gasteiger partial charge on any atom is -0.488 e. The minimum atomic E-state index is 0.414. The Bertz CT molecular complexity index is 558. The van der Waals surface area contributed by atoms with E-state index in [1.807, 2.05) is 43.3 Å². The zero-order valence-electron chi connectivity index (χ0n) is 10.7. The number of halogens is 1. The first-order valence-corrected chi connectivity index (χ1v) is 6.41. The number of ether oxygens (including phenoxy) is 2. The van der Waals surface area contributed by atoms with Crippen molar-refractivity contribution in [2.24, 2.45) is 0 Å². The molecule has 0 aliphatic carbocycles.